The molecule has 35 heavy (non-hydrogen) atoms. The van der Waals surface area contributed by atoms with Crippen LogP contribution in [0.5, 0.6) is 0 Å². The van der Waals surface area contributed by atoms with Gasteiger partial charge in [0.05, 0.1) is 0 Å². The van der Waals surface area contributed by atoms with E-state index in [1.165, 1.54) is 0 Å². The molecule has 0 unspecified atom stereocenters. The Bertz CT molecular complexity index is 1300. The maximum absolute atomic E-state index is 11.6. The molecule has 1 aromatic heterocycles. The van der Waals surface area contributed by atoms with Crippen molar-refractivity contribution in [2.24, 2.45) is 0 Å². The molecule has 0 aliphatic carbocycles. The molecule has 0 bridgehead atoms. The van der Waals surface area contributed by atoms with E-state index < -0.39 is 12.0 Å². The molecule has 7 nitrogen and oxygen atoms in total. The van der Waals surface area contributed by atoms with Crippen LogP contribution in [0.4, 0.5) is 11.7 Å². The molecule has 1 atom stereocenters. The van der Waals surface area contributed by atoms with Crippen LogP contribution in [0.15, 0.2) is 77.2 Å². The van der Waals surface area contributed by atoms with Crippen LogP contribution in [0, 0.1) is 6.92 Å². The highest BCUT2D eigenvalue weighted by atomic mass is 16.4. The third kappa shape index (κ3) is 5.10. The molecule has 178 valence electrons. The first kappa shape index (κ1) is 22.8. The van der Waals surface area contributed by atoms with Crippen molar-refractivity contribution < 1.29 is 14.3 Å². The second-order valence-corrected chi connectivity index (χ2v) is 8.90. The zero-order valence-corrected chi connectivity index (χ0v) is 19.6. The Balaban J connectivity index is 1.28. The molecule has 1 fully saturated rings. The van der Waals surface area contributed by atoms with Crippen LogP contribution >= 0.6 is 0 Å². The number of hydrogen-bond donors (Lipinski definition) is 2. The van der Waals surface area contributed by atoms with Crippen molar-refractivity contribution in [2.45, 2.75) is 38.8 Å². The molecule has 0 saturated carbocycles. The predicted octanol–water partition coefficient (Wildman–Crippen LogP) is 5.89. The highest BCUT2D eigenvalue weighted by Crippen LogP contribution is 2.32. The number of nitrogens with zero attached hydrogens (tertiary/aromatic N) is 3. The lowest BCUT2D eigenvalue weighted by atomic mass is 9.96. The molecule has 1 aliphatic rings. The first-order valence-corrected chi connectivity index (χ1v) is 11.9. The molecule has 2 heterocycles. The van der Waals surface area contributed by atoms with Crippen LogP contribution in [0.3, 0.4) is 0 Å². The summed E-state index contributed by atoms with van der Waals surface area (Å²) in [5.74, 6) is -0.274. The Morgan fingerprint density at radius 2 is 1.77 bits per heavy atom. The number of hydrogen-bond acceptors (Lipinski definition) is 6. The minimum Gasteiger partial charge on any atom is -0.480 e. The van der Waals surface area contributed by atoms with Crippen molar-refractivity contribution >= 4 is 17.7 Å². The van der Waals surface area contributed by atoms with Crippen molar-refractivity contribution in [3.63, 3.8) is 0 Å². The topological polar surface area (TPSA) is 91.5 Å². The number of piperidine rings is 1. The molecule has 1 saturated heterocycles. The number of likely N-dealkylation sites (tertiary alicyclic amines) is 1. The summed E-state index contributed by atoms with van der Waals surface area (Å²) >= 11 is 0. The Morgan fingerprint density at radius 3 is 2.54 bits per heavy atom. The van der Waals surface area contributed by atoms with Crippen LogP contribution in [0.2, 0.25) is 0 Å². The summed E-state index contributed by atoms with van der Waals surface area (Å²) in [6.07, 6.45) is 2.72. The smallest absolute Gasteiger partial charge is 0.320 e. The van der Waals surface area contributed by atoms with E-state index >= 15 is 0 Å². The molecule has 4 aromatic rings. The fourth-order valence-electron chi connectivity index (χ4n) is 4.69. The van der Waals surface area contributed by atoms with E-state index in [4.69, 9.17) is 4.42 Å². The second kappa shape index (κ2) is 10.1. The van der Waals surface area contributed by atoms with Crippen molar-refractivity contribution in [2.75, 3.05) is 11.9 Å². The standard InChI is InChI=1S/C28H28N4O3/c1-19-23(21-8-3-2-4-9-21)10-7-11-24(19)26-30-31-28(35-26)29-22-15-13-20(14-16-22)18-32-17-6-5-12-25(32)27(33)34/h2-4,7-11,13-16,25H,5-6,12,17-18H2,1H3,(H,29,31)(H,33,34)/t25-/m0/s1. The fourth-order valence-corrected chi connectivity index (χ4v) is 4.69. The average Bonchev–Trinajstić information content (AvgIpc) is 3.34. The van der Waals surface area contributed by atoms with Crippen LogP contribution in [-0.4, -0.2) is 38.8 Å². The van der Waals surface area contributed by atoms with E-state index in [2.05, 4.69) is 40.6 Å². The van der Waals surface area contributed by atoms with E-state index in [0.717, 1.165) is 52.9 Å². The minimum atomic E-state index is -0.736. The van der Waals surface area contributed by atoms with Gasteiger partial charge in [0.15, 0.2) is 0 Å². The molecular formula is C28H28N4O3. The number of carboxylic acid groups (broad SMARTS) is 1. The molecule has 5 rings (SSSR count). The molecule has 0 radical (unpaired) electrons. The number of benzene rings is 3. The lowest BCUT2D eigenvalue weighted by Crippen LogP contribution is -2.43. The minimum absolute atomic E-state index is 0.319. The van der Waals surface area contributed by atoms with E-state index in [0.29, 0.717) is 24.9 Å². The summed E-state index contributed by atoms with van der Waals surface area (Å²) in [5, 5.41) is 21.1. The number of anilines is 2. The number of nitrogens with one attached hydrogen (secondary N) is 1. The van der Waals surface area contributed by atoms with Crippen LogP contribution in [0.1, 0.15) is 30.4 Å². The van der Waals surface area contributed by atoms with Crippen molar-refractivity contribution in [1.29, 1.82) is 0 Å². The maximum atomic E-state index is 11.6. The van der Waals surface area contributed by atoms with E-state index in [9.17, 15) is 9.90 Å². The normalized spacial score (nSPS) is 16.2. The van der Waals surface area contributed by atoms with Crippen LogP contribution in [0.25, 0.3) is 22.6 Å². The van der Waals surface area contributed by atoms with Crippen molar-refractivity contribution in [1.82, 2.24) is 15.1 Å². The first-order chi connectivity index (χ1) is 17.1. The van der Waals surface area contributed by atoms with Gasteiger partial charge in [0.25, 0.3) is 0 Å². The number of aliphatic carboxylic acids is 1. The summed E-state index contributed by atoms with van der Waals surface area (Å²) in [4.78, 5) is 13.6. The molecule has 7 heteroatoms. The van der Waals surface area contributed by atoms with Gasteiger partial charge in [-0.2, -0.15) is 0 Å². The van der Waals surface area contributed by atoms with Gasteiger partial charge in [-0.15, -0.1) is 5.10 Å². The summed E-state index contributed by atoms with van der Waals surface area (Å²) in [7, 11) is 0. The van der Waals surface area contributed by atoms with Gasteiger partial charge in [0.1, 0.15) is 6.04 Å². The van der Waals surface area contributed by atoms with Gasteiger partial charge in [-0.3, -0.25) is 9.69 Å². The summed E-state index contributed by atoms with van der Waals surface area (Å²) in [5.41, 5.74) is 6.15. The van der Waals surface area contributed by atoms with E-state index in [1.54, 1.807) is 0 Å². The lowest BCUT2D eigenvalue weighted by molar-refractivity contribution is -0.144. The highest BCUT2D eigenvalue weighted by molar-refractivity contribution is 5.75. The monoisotopic (exact) mass is 468 g/mol. The van der Waals surface area contributed by atoms with Crippen LogP contribution < -0.4 is 5.32 Å². The van der Waals surface area contributed by atoms with E-state index in [1.807, 2.05) is 59.5 Å². The SMILES string of the molecule is Cc1c(-c2ccccc2)cccc1-c1nnc(Nc2ccc(CN3CCCC[C@H]3C(=O)O)cc2)o1. The zero-order chi connectivity index (χ0) is 24.2. The molecule has 0 amide bonds. The molecule has 2 N–H and O–H groups in total. The van der Waals surface area contributed by atoms with E-state index in [-0.39, 0.29) is 0 Å². The summed E-state index contributed by atoms with van der Waals surface area (Å²) in [6, 6.07) is 24.1. The molecule has 1 aliphatic heterocycles. The number of rotatable bonds is 7. The molecular weight excluding hydrogens is 440 g/mol. The van der Waals surface area contributed by atoms with Crippen LogP contribution in [-0.2, 0) is 11.3 Å². The van der Waals surface area contributed by atoms with Gasteiger partial charge in [-0.25, -0.2) is 0 Å². The van der Waals surface area contributed by atoms with Gasteiger partial charge in [-0.05, 0) is 66.8 Å². The lowest BCUT2D eigenvalue weighted by Gasteiger charge is -2.32. The van der Waals surface area contributed by atoms with Gasteiger partial charge in [-0.1, -0.05) is 66.1 Å². The molecule has 0 spiro atoms. The van der Waals surface area contributed by atoms with Gasteiger partial charge in [0.2, 0.25) is 5.89 Å². The quantitative estimate of drug-likeness (QED) is 0.349. The van der Waals surface area contributed by atoms with Gasteiger partial charge < -0.3 is 14.8 Å². The maximum Gasteiger partial charge on any atom is 0.320 e. The van der Waals surface area contributed by atoms with Gasteiger partial charge in [0, 0.05) is 17.8 Å². The fraction of sp³-hybridized carbons (Fsp3) is 0.250. The third-order valence-corrected chi connectivity index (χ3v) is 6.56. The van der Waals surface area contributed by atoms with Crippen molar-refractivity contribution in [3.05, 3.63) is 83.9 Å². The predicted molar refractivity (Wildman–Crippen MR) is 135 cm³/mol. The highest BCUT2D eigenvalue weighted by Gasteiger charge is 2.28. The van der Waals surface area contributed by atoms with Crippen molar-refractivity contribution in [3.8, 4) is 22.6 Å². The zero-order valence-electron chi connectivity index (χ0n) is 19.6. The average molecular weight is 469 g/mol. The number of carboxylic acids is 1. The third-order valence-electron chi connectivity index (χ3n) is 6.56. The number of aromatic nitrogens is 2. The van der Waals surface area contributed by atoms with Gasteiger partial charge >= 0.3 is 12.0 Å². The molecule has 3 aromatic carbocycles. The first-order valence-electron chi connectivity index (χ1n) is 11.9. The Kier molecular flexibility index (Phi) is 6.59. The largest absolute Gasteiger partial charge is 0.480 e. The Morgan fingerprint density at radius 1 is 1.00 bits per heavy atom. The summed E-state index contributed by atoms with van der Waals surface area (Å²) in [6.45, 7) is 3.50. The number of carbonyl (C=O) groups is 1. The Hall–Kier alpha value is -3.97. The second-order valence-electron chi connectivity index (χ2n) is 8.90. The summed E-state index contributed by atoms with van der Waals surface area (Å²) < 4.78 is 5.93. The Labute approximate surface area is 204 Å².